The van der Waals surface area contributed by atoms with Crippen molar-refractivity contribution in [3.8, 4) is 22.3 Å². The van der Waals surface area contributed by atoms with Crippen molar-refractivity contribution in [2.45, 2.75) is 12.4 Å². The number of benzene rings is 4. The maximum absolute atomic E-state index is 13.5. The number of alkyl halides is 6. The van der Waals surface area contributed by atoms with Crippen molar-refractivity contribution < 1.29 is 45.5 Å². The summed E-state index contributed by atoms with van der Waals surface area (Å²) in [7, 11) is 2.40. The molecule has 2 heterocycles. The van der Waals surface area contributed by atoms with Crippen LogP contribution >= 0.6 is 0 Å². The van der Waals surface area contributed by atoms with Gasteiger partial charge >= 0.3 is 12.4 Å². The Morgan fingerprint density at radius 1 is 0.476 bits per heavy atom. The first kappa shape index (κ1) is 27.2. The monoisotopic (exact) mass is 582 g/mol. The van der Waals surface area contributed by atoms with Gasteiger partial charge in [-0.3, -0.25) is 29.0 Å². The van der Waals surface area contributed by atoms with Crippen LogP contribution in [0.4, 0.5) is 26.3 Å². The zero-order chi connectivity index (χ0) is 30.5. The molecule has 4 aromatic carbocycles. The normalized spacial score (nSPS) is 15.2. The number of rotatable bonds is 2. The van der Waals surface area contributed by atoms with Crippen LogP contribution in [0.15, 0.2) is 60.7 Å². The molecule has 6 rings (SSSR count). The van der Waals surface area contributed by atoms with Gasteiger partial charge in [-0.15, -0.1) is 0 Å². The minimum atomic E-state index is -4.62. The molecule has 6 nitrogen and oxygen atoms in total. The van der Waals surface area contributed by atoms with E-state index in [1.807, 2.05) is 0 Å². The lowest BCUT2D eigenvalue weighted by molar-refractivity contribution is -0.138. The standard InChI is InChI=1S/C30H16F6N2O4/c1-37-25(39)19-11-18(14-5-9-16(10-6-14)30(34,35)36)24-22-20(26(40)38(2)28(24)42)12-17(23(21(19)22)27(37)41)13-3-7-15(8-4-13)29(31,32)33/h3-12H,1-2H3. The molecule has 4 aromatic rings. The molecule has 0 saturated carbocycles. The summed E-state index contributed by atoms with van der Waals surface area (Å²) in [6, 6.07) is 10.4. The largest absolute Gasteiger partial charge is 0.416 e. The molecule has 2 aliphatic heterocycles. The van der Waals surface area contributed by atoms with Crippen molar-refractivity contribution in [2.24, 2.45) is 0 Å². The highest BCUT2D eigenvalue weighted by Gasteiger charge is 2.41. The molecule has 12 heteroatoms. The first-order chi connectivity index (χ1) is 19.6. The van der Waals surface area contributed by atoms with Crippen LogP contribution in [0.1, 0.15) is 52.6 Å². The quantitative estimate of drug-likeness (QED) is 0.196. The molecule has 0 spiro atoms. The van der Waals surface area contributed by atoms with Gasteiger partial charge in [0.25, 0.3) is 23.6 Å². The van der Waals surface area contributed by atoms with Gasteiger partial charge in [0.15, 0.2) is 0 Å². The van der Waals surface area contributed by atoms with E-state index in [-0.39, 0.29) is 55.3 Å². The van der Waals surface area contributed by atoms with Gasteiger partial charge in [-0.2, -0.15) is 26.3 Å². The molecule has 0 bridgehead atoms. The maximum atomic E-state index is 13.5. The zero-order valence-corrected chi connectivity index (χ0v) is 21.6. The third-order valence-corrected chi connectivity index (χ3v) is 7.56. The second-order valence-electron chi connectivity index (χ2n) is 9.93. The first-order valence-corrected chi connectivity index (χ1v) is 12.3. The second-order valence-corrected chi connectivity index (χ2v) is 9.93. The predicted octanol–water partition coefficient (Wildman–Crippen LogP) is 6.66. The molecular weight excluding hydrogens is 566 g/mol. The lowest BCUT2D eigenvalue weighted by Crippen LogP contribution is -2.41. The van der Waals surface area contributed by atoms with Crippen LogP contribution in [-0.2, 0) is 12.4 Å². The van der Waals surface area contributed by atoms with Crippen LogP contribution in [0.25, 0.3) is 33.0 Å². The smallest absolute Gasteiger partial charge is 0.277 e. The van der Waals surface area contributed by atoms with Gasteiger partial charge < -0.3 is 0 Å². The maximum Gasteiger partial charge on any atom is 0.416 e. The Labute approximate surface area is 232 Å². The van der Waals surface area contributed by atoms with Gasteiger partial charge in [-0.05, 0) is 58.7 Å². The van der Waals surface area contributed by atoms with Crippen LogP contribution in [0.2, 0.25) is 0 Å². The molecule has 0 radical (unpaired) electrons. The molecule has 212 valence electrons. The van der Waals surface area contributed by atoms with Crippen molar-refractivity contribution in [3.63, 3.8) is 0 Å². The highest BCUT2D eigenvalue weighted by molar-refractivity contribution is 6.36. The van der Waals surface area contributed by atoms with Crippen molar-refractivity contribution in [1.82, 2.24) is 9.80 Å². The number of halogens is 6. The Kier molecular flexibility index (Phi) is 5.66. The summed E-state index contributed by atoms with van der Waals surface area (Å²) in [5.41, 5.74) is -1.83. The van der Waals surface area contributed by atoms with Crippen LogP contribution in [0.3, 0.4) is 0 Å². The van der Waals surface area contributed by atoms with Gasteiger partial charge in [0.1, 0.15) is 0 Å². The van der Waals surface area contributed by atoms with E-state index in [4.69, 9.17) is 0 Å². The summed E-state index contributed by atoms with van der Waals surface area (Å²) in [4.78, 5) is 55.4. The Bertz CT molecular complexity index is 1750. The summed E-state index contributed by atoms with van der Waals surface area (Å²) in [5.74, 6) is -3.19. The fourth-order valence-electron chi connectivity index (χ4n) is 5.43. The van der Waals surface area contributed by atoms with Gasteiger partial charge in [-0.1, -0.05) is 24.3 Å². The Hall–Kier alpha value is -5.00. The van der Waals surface area contributed by atoms with Gasteiger partial charge in [-0.25, -0.2) is 0 Å². The second kappa shape index (κ2) is 8.75. The van der Waals surface area contributed by atoms with Gasteiger partial charge in [0.05, 0.1) is 22.3 Å². The highest BCUT2D eigenvalue weighted by Crippen LogP contribution is 2.46. The molecule has 42 heavy (non-hydrogen) atoms. The number of hydrogen-bond acceptors (Lipinski definition) is 4. The summed E-state index contributed by atoms with van der Waals surface area (Å²) >= 11 is 0. The van der Waals surface area contributed by atoms with Crippen LogP contribution in [0.5, 0.6) is 0 Å². The molecular formula is C30H16F6N2O4. The minimum absolute atomic E-state index is 0.0315. The third-order valence-electron chi connectivity index (χ3n) is 7.56. The van der Waals surface area contributed by atoms with Crippen LogP contribution in [-0.4, -0.2) is 47.5 Å². The lowest BCUT2D eigenvalue weighted by Gasteiger charge is -2.32. The van der Waals surface area contributed by atoms with Crippen LogP contribution in [0, 0.1) is 0 Å². The molecule has 0 atom stereocenters. The Balaban J connectivity index is 1.73. The van der Waals surface area contributed by atoms with Gasteiger partial charge in [0, 0.05) is 36.0 Å². The number of hydrogen-bond donors (Lipinski definition) is 0. The number of carbonyl (C=O) groups is 4. The fourth-order valence-corrected chi connectivity index (χ4v) is 5.43. The molecule has 4 amide bonds. The van der Waals surface area contributed by atoms with E-state index in [0.717, 1.165) is 58.3 Å². The van der Waals surface area contributed by atoms with Crippen molar-refractivity contribution in [1.29, 1.82) is 0 Å². The van der Waals surface area contributed by atoms with Crippen molar-refractivity contribution in [2.75, 3.05) is 14.1 Å². The first-order valence-electron chi connectivity index (χ1n) is 12.3. The molecule has 0 aliphatic carbocycles. The van der Waals surface area contributed by atoms with Crippen molar-refractivity contribution >= 4 is 34.4 Å². The fraction of sp³-hybridized carbons (Fsp3) is 0.133. The molecule has 2 aliphatic rings. The predicted molar refractivity (Wildman–Crippen MR) is 138 cm³/mol. The summed E-state index contributed by atoms with van der Waals surface area (Å²) < 4.78 is 79.3. The molecule has 0 unspecified atom stereocenters. The van der Waals surface area contributed by atoms with E-state index < -0.39 is 47.1 Å². The molecule has 0 saturated heterocycles. The zero-order valence-electron chi connectivity index (χ0n) is 21.6. The average Bonchev–Trinajstić information content (AvgIpc) is 2.95. The molecule has 0 N–H and O–H groups in total. The number of imide groups is 2. The summed E-state index contributed by atoms with van der Waals surface area (Å²) in [6.45, 7) is 0. The van der Waals surface area contributed by atoms with E-state index >= 15 is 0 Å². The van der Waals surface area contributed by atoms with E-state index in [9.17, 15) is 45.5 Å². The number of carbonyl (C=O) groups excluding carboxylic acids is 4. The Morgan fingerprint density at radius 2 is 0.786 bits per heavy atom. The number of amides is 4. The van der Waals surface area contributed by atoms with Crippen molar-refractivity contribution in [3.05, 3.63) is 94.0 Å². The van der Waals surface area contributed by atoms with E-state index in [1.165, 1.54) is 26.2 Å². The summed E-state index contributed by atoms with van der Waals surface area (Å²) in [5, 5.41) is -0.0630. The van der Waals surface area contributed by atoms with E-state index in [1.54, 1.807) is 0 Å². The minimum Gasteiger partial charge on any atom is -0.277 e. The SMILES string of the molecule is CN1C(=O)c2cc(-c3ccc(C(F)(F)F)cc3)c3c4c(cc(-c5ccc(C(F)(F)F)cc5)c(c24)C1=O)C(=O)N(C)C3=O. The van der Waals surface area contributed by atoms with E-state index in [2.05, 4.69) is 0 Å². The van der Waals surface area contributed by atoms with Gasteiger partial charge in [0.2, 0.25) is 0 Å². The number of nitrogens with zero attached hydrogens (tertiary/aromatic N) is 2. The Morgan fingerprint density at radius 3 is 1.07 bits per heavy atom. The average molecular weight is 582 g/mol. The molecule has 0 fully saturated rings. The lowest BCUT2D eigenvalue weighted by atomic mass is 9.79. The highest BCUT2D eigenvalue weighted by atomic mass is 19.4. The topological polar surface area (TPSA) is 74.8 Å². The van der Waals surface area contributed by atoms with E-state index in [0.29, 0.717) is 0 Å². The molecule has 0 aromatic heterocycles. The van der Waals surface area contributed by atoms with Crippen LogP contribution < -0.4 is 0 Å². The third kappa shape index (κ3) is 3.81. The summed E-state index contributed by atoms with van der Waals surface area (Å²) in [6.07, 6.45) is -9.25.